The Bertz CT molecular complexity index is 282. The van der Waals surface area contributed by atoms with Gasteiger partial charge >= 0.3 is 0 Å². The van der Waals surface area contributed by atoms with Gasteiger partial charge in [-0.1, -0.05) is 30.3 Å². The average molecular weight is 207 g/mol. The number of nitrogens with one attached hydrogen (secondary N) is 1. The van der Waals surface area contributed by atoms with Gasteiger partial charge in [0.2, 0.25) is 0 Å². The molecule has 15 heavy (non-hydrogen) atoms. The average Bonchev–Trinajstić information content (AvgIpc) is 3.10. The highest BCUT2D eigenvalue weighted by molar-refractivity contribution is 5.14. The first-order valence-electron chi connectivity index (χ1n) is 5.73. The van der Waals surface area contributed by atoms with Crippen molar-refractivity contribution in [3.8, 4) is 0 Å². The van der Waals surface area contributed by atoms with Crippen molar-refractivity contribution in [2.24, 2.45) is 5.92 Å². The fourth-order valence-corrected chi connectivity index (χ4v) is 1.89. The molecule has 1 atom stereocenters. The minimum atomic E-state index is -0.223. The van der Waals surface area contributed by atoms with Crippen molar-refractivity contribution >= 4 is 0 Å². The summed E-state index contributed by atoms with van der Waals surface area (Å²) in [7, 11) is 0. The van der Waals surface area contributed by atoms with Crippen LogP contribution in [-0.2, 0) is 6.42 Å². The van der Waals surface area contributed by atoms with Crippen LogP contribution in [0.5, 0.6) is 0 Å². The minimum absolute atomic E-state index is 0.105. The molecule has 0 spiro atoms. The highest BCUT2D eigenvalue weighted by Crippen LogP contribution is 2.32. The molecule has 1 unspecified atom stereocenters. The second-order valence-electron chi connectivity index (χ2n) is 4.29. The molecule has 1 saturated carbocycles. The van der Waals surface area contributed by atoms with E-state index in [1.54, 1.807) is 0 Å². The van der Waals surface area contributed by atoms with Gasteiger partial charge < -0.3 is 5.32 Å². The Labute approximate surface area is 90.7 Å². The Morgan fingerprint density at radius 3 is 2.60 bits per heavy atom. The molecule has 0 bridgehead atoms. The zero-order valence-corrected chi connectivity index (χ0v) is 8.95. The summed E-state index contributed by atoms with van der Waals surface area (Å²) in [6.07, 6.45) is 3.39. The molecule has 2 heteroatoms. The first-order valence-corrected chi connectivity index (χ1v) is 5.73. The summed E-state index contributed by atoms with van der Waals surface area (Å²) in [4.78, 5) is 0. The van der Waals surface area contributed by atoms with Gasteiger partial charge in [-0.3, -0.25) is 0 Å². The molecule has 1 nitrogen and oxygen atoms in total. The molecule has 0 saturated heterocycles. The SMILES string of the molecule is FCC(NCCc1ccccc1)C1CC1. The Morgan fingerprint density at radius 1 is 1.27 bits per heavy atom. The van der Waals surface area contributed by atoms with Crippen molar-refractivity contribution in [3.63, 3.8) is 0 Å². The maximum Gasteiger partial charge on any atom is 0.105 e. The van der Waals surface area contributed by atoms with E-state index in [1.807, 2.05) is 18.2 Å². The second kappa shape index (κ2) is 5.26. The minimum Gasteiger partial charge on any atom is -0.311 e. The maximum absolute atomic E-state index is 12.6. The molecule has 1 fully saturated rings. The third kappa shape index (κ3) is 3.31. The van der Waals surface area contributed by atoms with Gasteiger partial charge in [0.15, 0.2) is 0 Å². The fraction of sp³-hybridized carbons (Fsp3) is 0.538. The van der Waals surface area contributed by atoms with Gasteiger partial charge in [0.05, 0.1) is 0 Å². The van der Waals surface area contributed by atoms with Gasteiger partial charge in [0, 0.05) is 6.04 Å². The van der Waals surface area contributed by atoms with Crippen LogP contribution in [0.25, 0.3) is 0 Å². The van der Waals surface area contributed by atoms with E-state index < -0.39 is 0 Å². The van der Waals surface area contributed by atoms with Crippen LogP contribution in [0.2, 0.25) is 0 Å². The van der Waals surface area contributed by atoms with E-state index >= 15 is 0 Å². The number of hydrogen-bond acceptors (Lipinski definition) is 1. The van der Waals surface area contributed by atoms with Crippen LogP contribution in [0.4, 0.5) is 4.39 Å². The van der Waals surface area contributed by atoms with Crippen LogP contribution in [0.1, 0.15) is 18.4 Å². The molecule has 82 valence electrons. The Hall–Kier alpha value is -0.890. The topological polar surface area (TPSA) is 12.0 Å². The molecule has 1 aromatic rings. The predicted molar refractivity (Wildman–Crippen MR) is 60.6 cm³/mol. The summed E-state index contributed by atoms with van der Waals surface area (Å²) < 4.78 is 12.6. The van der Waals surface area contributed by atoms with Crippen molar-refractivity contribution in [2.75, 3.05) is 13.2 Å². The van der Waals surface area contributed by atoms with Gasteiger partial charge in [-0.25, -0.2) is 4.39 Å². The molecule has 1 aromatic carbocycles. The van der Waals surface area contributed by atoms with Crippen molar-refractivity contribution < 1.29 is 4.39 Å². The molecule has 2 rings (SSSR count). The lowest BCUT2D eigenvalue weighted by molar-refractivity contribution is 0.348. The first kappa shape index (κ1) is 10.6. The van der Waals surface area contributed by atoms with Gasteiger partial charge in [-0.05, 0) is 37.3 Å². The number of halogens is 1. The molecule has 0 radical (unpaired) electrons. The van der Waals surface area contributed by atoms with E-state index in [2.05, 4.69) is 17.4 Å². The van der Waals surface area contributed by atoms with E-state index in [-0.39, 0.29) is 12.7 Å². The molecule has 1 aliphatic carbocycles. The standard InChI is InChI=1S/C13H18FN/c14-10-13(12-6-7-12)15-9-8-11-4-2-1-3-5-11/h1-5,12-13,15H,6-10H2. The molecule has 0 amide bonds. The molecule has 0 aromatic heterocycles. The summed E-state index contributed by atoms with van der Waals surface area (Å²) in [5, 5.41) is 3.30. The smallest absolute Gasteiger partial charge is 0.105 e. The number of benzene rings is 1. The molecule has 0 heterocycles. The van der Waals surface area contributed by atoms with Gasteiger partial charge in [-0.15, -0.1) is 0 Å². The van der Waals surface area contributed by atoms with Crippen LogP contribution in [-0.4, -0.2) is 19.3 Å². The summed E-state index contributed by atoms with van der Waals surface area (Å²) >= 11 is 0. The highest BCUT2D eigenvalue weighted by Gasteiger charge is 2.30. The largest absolute Gasteiger partial charge is 0.311 e. The van der Waals surface area contributed by atoms with E-state index in [0.29, 0.717) is 5.92 Å². The van der Waals surface area contributed by atoms with Crippen molar-refractivity contribution in [2.45, 2.75) is 25.3 Å². The van der Waals surface area contributed by atoms with E-state index in [1.165, 1.54) is 18.4 Å². The van der Waals surface area contributed by atoms with Gasteiger partial charge in [-0.2, -0.15) is 0 Å². The third-order valence-electron chi connectivity index (χ3n) is 3.02. The lowest BCUT2D eigenvalue weighted by Gasteiger charge is -2.14. The van der Waals surface area contributed by atoms with Gasteiger partial charge in [0.1, 0.15) is 6.67 Å². The summed E-state index contributed by atoms with van der Waals surface area (Å²) in [6, 6.07) is 10.4. The quantitative estimate of drug-likeness (QED) is 0.756. The fourth-order valence-electron chi connectivity index (χ4n) is 1.89. The zero-order chi connectivity index (χ0) is 10.5. The lowest BCUT2D eigenvalue weighted by atomic mass is 10.1. The Morgan fingerprint density at radius 2 is 2.00 bits per heavy atom. The normalized spacial score (nSPS) is 17.7. The van der Waals surface area contributed by atoms with Crippen LogP contribution in [0.15, 0.2) is 30.3 Å². The molecular weight excluding hydrogens is 189 g/mol. The maximum atomic E-state index is 12.6. The van der Waals surface area contributed by atoms with Crippen molar-refractivity contribution in [3.05, 3.63) is 35.9 Å². The Kier molecular flexibility index (Phi) is 3.73. The summed E-state index contributed by atoms with van der Waals surface area (Å²) in [5.74, 6) is 0.603. The first-order chi connectivity index (χ1) is 7.40. The zero-order valence-electron chi connectivity index (χ0n) is 8.95. The molecule has 1 aliphatic rings. The molecular formula is C13H18FN. The second-order valence-corrected chi connectivity index (χ2v) is 4.29. The van der Waals surface area contributed by atoms with Crippen LogP contribution in [0, 0.1) is 5.92 Å². The lowest BCUT2D eigenvalue weighted by Crippen LogP contribution is -2.34. The number of alkyl halides is 1. The predicted octanol–water partition coefficient (Wildman–Crippen LogP) is 2.57. The van der Waals surface area contributed by atoms with Crippen LogP contribution < -0.4 is 5.32 Å². The van der Waals surface area contributed by atoms with Crippen LogP contribution >= 0.6 is 0 Å². The highest BCUT2D eigenvalue weighted by atomic mass is 19.1. The number of rotatable bonds is 6. The summed E-state index contributed by atoms with van der Waals surface area (Å²) in [6.45, 7) is 0.661. The van der Waals surface area contributed by atoms with Crippen LogP contribution in [0.3, 0.4) is 0 Å². The van der Waals surface area contributed by atoms with Gasteiger partial charge in [0.25, 0.3) is 0 Å². The van der Waals surface area contributed by atoms with E-state index in [4.69, 9.17) is 0 Å². The Balaban J connectivity index is 1.69. The number of hydrogen-bond donors (Lipinski definition) is 1. The molecule has 1 N–H and O–H groups in total. The summed E-state index contributed by atoms with van der Waals surface area (Å²) in [5.41, 5.74) is 1.32. The third-order valence-corrected chi connectivity index (χ3v) is 3.02. The monoisotopic (exact) mass is 207 g/mol. The van der Waals surface area contributed by atoms with E-state index in [9.17, 15) is 4.39 Å². The van der Waals surface area contributed by atoms with Crippen molar-refractivity contribution in [1.82, 2.24) is 5.32 Å². The van der Waals surface area contributed by atoms with Crippen molar-refractivity contribution in [1.29, 1.82) is 0 Å². The molecule has 0 aliphatic heterocycles. The van der Waals surface area contributed by atoms with E-state index in [0.717, 1.165) is 13.0 Å².